The quantitative estimate of drug-likeness (QED) is 0.0847. The van der Waals surface area contributed by atoms with Gasteiger partial charge in [-0.15, -0.1) is 0 Å². The van der Waals surface area contributed by atoms with Gasteiger partial charge in [-0.1, -0.05) is 114 Å². The monoisotopic (exact) mass is 486 g/mol. The molecule has 0 aromatic heterocycles. The number of hydrogen-bond donors (Lipinski definition) is 0. The lowest BCUT2D eigenvalue weighted by Gasteiger charge is -2.41. The van der Waals surface area contributed by atoms with Crippen molar-refractivity contribution in [3.8, 4) is 0 Å². The number of ketones is 2. The zero-order valence-corrected chi connectivity index (χ0v) is 22.8. The van der Waals surface area contributed by atoms with Gasteiger partial charge in [0.15, 0.2) is 11.6 Å². The fraction of sp³-hybridized carbons (Fsp3) is 0.774. The van der Waals surface area contributed by atoms with Crippen molar-refractivity contribution in [1.29, 1.82) is 0 Å². The van der Waals surface area contributed by atoms with E-state index in [1.54, 1.807) is 0 Å². The average molecular weight is 487 g/mol. The maximum atomic E-state index is 13.1. The number of rotatable bonds is 18. The van der Waals surface area contributed by atoms with Gasteiger partial charge in [-0.3, -0.25) is 14.4 Å². The summed E-state index contributed by atoms with van der Waals surface area (Å²) in [4.78, 5) is 38.4. The molecule has 0 heterocycles. The van der Waals surface area contributed by atoms with Gasteiger partial charge in [0, 0.05) is 5.92 Å². The normalized spacial score (nSPS) is 22.0. The molecule has 0 aromatic rings. The molecule has 2 aliphatic carbocycles. The van der Waals surface area contributed by atoms with Crippen LogP contribution in [-0.2, 0) is 19.1 Å². The largest absolute Gasteiger partial charge is 0.465 e. The van der Waals surface area contributed by atoms with Crippen molar-refractivity contribution in [2.45, 2.75) is 136 Å². The smallest absolute Gasteiger partial charge is 0.321 e. The summed E-state index contributed by atoms with van der Waals surface area (Å²) >= 11 is 0. The summed E-state index contributed by atoms with van der Waals surface area (Å²) in [7, 11) is 0. The Morgan fingerprint density at radius 2 is 1.26 bits per heavy atom. The van der Waals surface area contributed by atoms with E-state index in [0.29, 0.717) is 19.4 Å². The molecule has 0 N–H and O–H groups in total. The number of fused-ring (bicyclic) bond motifs is 1. The van der Waals surface area contributed by atoms with E-state index >= 15 is 0 Å². The van der Waals surface area contributed by atoms with E-state index in [2.05, 4.69) is 6.92 Å². The molecule has 0 aliphatic heterocycles. The van der Waals surface area contributed by atoms with Gasteiger partial charge < -0.3 is 4.74 Å². The molecular formula is C31H50O4. The molecule has 198 valence electrons. The molecule has 0 saturated carbocycles. The fourth-order valence-corrected chi connectivity index (χ4v) is 5.63. The average Bonchev–Trinajstić information content (AvgIpc) is 2.84. The lowest BCUT2D eigenvalue weighted by Crippen LogP contribution is -2.52. The predicted molar refractivity (Wildman–Crippen MR) is 143 cm³/mol. The van der Waals surface area contributed by atoms with Gasteiger partial charge in [0.05, 0.1) is 6.61 Å². The van der Waals surface area contributed by atoms with Crippen LogP contribution in [0.25, 0.3) is 0 Å². The van der Waals surface area contributed by atoms with E-state index in [1.165, 1.54) is 95.6 Å². The number of carbonyl (C=O) groups is 3. The van der Waals surface area contributed by atoms with Crippen molar-refractivity contribution in [3.63, 3.8) is 0 Å². The highest BCUT2D eigenvalue weighted by molar-refractivity contribution is 6.18. The first-order valence-corrected chi connectivity index (χ1v) is 14.5. The summed E-state index contributed by atoms with van der Waals surface area (Å²) in [5.74, 6) is -1.51. The summed E-state index contributed by atoms with van der Waals surface area (Å²) in [6.07, 6.45) is 24.1. The maximum Gasteiger partial charge on any atom is 0.321 e. The fourth-order valence-electron chi connectivity index (χ4n) is 5.63. The van der Waals surface area contributed by atoms with Crippen LogP contribution in [0.4, 0.5) is 0 Å². The highest BCUT2D eigenvalue weighted by atomic mass is 16.5. The van der Waals surface area contributed by atoms with Crippen molar-refractivity contribution in [2.24, 2.45) is 11.3 Å². The van der Waals surface area contributed by atoms with Crippen LogP contribution >= 0.6 is 0 Å². The summed E-state index contributed by atoms with van der Waals surface area (Å²) in [6, 6.07) is 0. The van der Waals surface area contributed by atoms with Crippen molar-refractivity contribution in [2.75, 3.05) is 6.61 Å². The standard InChI is InChI=1S/C31H50O4/c1-4-5-6-7-8-9-10-11-12-13-14-15-16-17-18-19-22-35-30(34)31-24-26(3)25(2)23-27(31)28(32)20-21-29(31)33/h20-21,27H,4-19,22-24H2,1-3H3/t27?,31-/m0/s1. The van der Waals surface area contributed by atoms with E-state index in [1.807, 2.05) is 13.8 Å². The first-order chi connectivity index (χ1) is 16.9. The Morgan fingerprint density at radius 3 is 1.77 bits per heavy atom. The number of unbranched alkanes of at least 4 members (excludes halogenated alkanes) is 15. The van der Waals surface area contributed by atoms with E-state index < -0.39 is 17.3 Å². The summed E-state index contributed by atoms with van der Waals surface area (Å²) in [5, 5.41) is 0. The Bertz CT molecular complexity index is 747. The molecule has 4 nitrogen and oxygen atoms in total. The highest BCUT2D eigenvalue weighted by Gasteiger charge is 2.57. The van der Waals surface area contributed by atoms with Gasteiger partial charge in [-0.25, -0.2) is 0 Å². The van der Waals surface area contributed by atoms with Crippen molar-refractivity contribution >= 4 is 17.5 Å². The second kappa shape index (κ2) is 16.1. The SMILES string of the molecule is CCCCCCCCCCCCCCCCCCOC(=O)[C@@]12CC(C)=C(C)CC1C(=O)C=CC2=O. The Balaban J connectivity index is 1.53. The van der Waals surface area contributed by atoms with Gasteiger partial charge in [-0.2, -0.15) is 0 Å². The topological polar surface area (TPSA) is 60.4 Å². The summed E-state index contributed by atoms with van der Waals surface area (Å²) in [6.45, 7) is 6.54. The molecule has 35 heavy (non-hydrogen) atoms. The molecule has 0 radical (unpaired) electrons. The summed E-state index contributed by atoms with van der Waals surface area (Å²) < 4.78 is 5.59. The van der Waals surface area contributed by atoms with Crippen LogP contribution in [0.1, 0.15) is 136 Å². The van der Waals surface area contributed by atoms with Crippen LogP contribution in [0.3, 0.4) is 0 Å². The van der Waals surface area contributed by atoms with E-state index in [4.69, 9.17) is 4.74 Å². The van der Waals surface area contributed by atoms with Crippen LogP contribution in [0.15, 0.2) is 23.3 Å². The Labute approximate surface area is 214 Å². The van der Waals surface area contributed by atoms with Crippen LogP contribution in [0.5, 0.6) is 0 Å². The number of allylic oxidation sites excluding steroid dienone is 4. The van der Waals surface area contributed by atoms with Gasteiger partial charge in [-0.05, 0) is 45.3 Å². The van der Waals surface area contributed by atoms with E-state index in [9.17, 15) is 14.4 Å². The highest BCUT2D eigenvalue weighted by Crippen LogP contribution is 2.48. The molecule has 0 spiro atoms. The third-order valence-electron chi connectivity index (χ3n) is 8.16. The van der Waals surface area contributed by atoms with Gasteiger partial charge in [0.1, 0.15) is 5.41 Å². The molecule has 0 amide bonds. The number of hydrogen-bond acceptors (Lipinski definition) is 4. The minimum atomic E-state index is -1.34. The van der Waals surface area contributed by atoms with Gasteiger partial charge in [0.25, 0.3) is 0 Å². The molecule has 2 rings (SSSR count). The second-order valence-electron chi connectivity index (χ2n) is 11.0. The number of esters is 1. The molecule has 0 aromatic carbocycles. The zero-order valence-electron chi connectivity index (χ0n) is 22.8. The van der Waals surface area contributed by atoms with Crippen LogP contribution in [0.2, 0.25) is 0 Å². The predicted octanol–water partition coefficient (Wildman–Crippen LogP) is 8.23. The third kappa shape index (κ3) is 9.03. The van der Waals surface area contributed by atoms with Crippen LogP contribution < -0.4 is 0 Å². The van der Waals surface area contributed by atoms with Crippen LogP contribution in [-0.4, -0.2) is 24.1 Å². The van der Waals surface area contributed by atoms with E-state index in [-0.39, 0.29) is 11.6 Å². The second-order valence-corrected chi connectivity index (χ2v) is 11.0. The van der Waals surface area contributed by atoms with Crippen molar-refractivity contribution in [1.82, 2.24) is 0 Å². The Hall–Kier alpha value is -1.71. The van der Waals surface area contributed by atoms with Gasteiger partial charge in [0.2, 0.25) is 0 Å². The number of ether oxygens (including phenoxy) is 1. The first-order valence-electron chi connectivity index (χ1n) is 14.5. The lowest BCUT2D eigenvalue weighted by atomic mass is 9.59. The molecule has 0 saturated heterocycles. The third-order valence-corrected chi connectivity index (χ3v) is 8.16. The molecular weight excluding hydrogens is 436 g/mol. The first kappa shape index (κ1) is 29.5. The minimum absolute atomic E-state index is 0.129. The minimum Gasteiger partial charge on any atom is -0.465 e. The Kier molecular flexibility index (Phi) is 13.6. The van der Waals surface area contributed by atoms with Gasteiger partial charge >= 0.3 is 5.97 Å². The summed E-state index contributed by atoms with van der Waals surface area (Å²) in [5.41, 5.74) is 0.787. The van der Waals surface area contributed by atoms with Crippen molar-refractivity contribution < 1.29 is 19.1 Å². The molecule has 0 fully saturated rings. The zero-order chi connectivity index (χ0) is 25.5. The van der Waals surface area contributed by atoms with Crippen molar-refractivity contribution in [3.05, 3.63) is 23.3 Å². The number of carbonyl (C=O) groups excluding carboxylic acids is 3. The molecule has 1 unspecified atom stereocenters. The lowest BCUT2D eigenvalue weighted by molar-refractivity contribution is -0.166. The molecule has 4 heteroatoms. The molecule has 2 atom stereocenters. The van der Waals surface area contributed by atoms with Crippen LogP contribution in [0, 0.1) is 11.3 Å². The Morgan fingerprint density at radius 1 is 0.771 bits per heavy atom. The molecule has 2 aliphatic rings. The molecule has 0 bridgehead atoms. The maximum absolute atomic E-state index is 13.1. The van der Waals surface area contributed by atoms with E-state index in [0.717, 1.165) is 30.4 Å².